The van der Waals surface area contributed by atoms with E-state index < -0.39 is 17.2 Å². The van der Waals surface area contributed by atoms with E-state index in [2.05, 4.69) is 5.32 Å². The lowest BCUT2D eigenvalue weighted by atomic mass is 9.92. The third-order valence-corrected chi connectivity index (χ3v) is 3.95. The summed E-state index contributed by atoms with van der Waals surface area (Å²) in [6, 6.07) is 5.14. The molecule has 0 bridgehead atoms. The highest BCUT2D eigenvalue weighted by Gasteiger charge is 2.52. The lowest BCUT2D eigenvalue weighted by molar-refractivity contribution is -0.138. The van der Waals surface area contributed by atoms with Crippen molar-refractivity contribution in [2.75, 3.05) is 27.2 Å². The molecule has 22 heavy (non-hydrogen) atoms. The highest BCUT2D eigenvalue weighted by molar-refractivity contribution is 5.91. The molecule has 0 radical (unpaired) electrons. The van der Waals surface area contributed by atoms with Gasteiger partial charge in [0.25, 0.3) is 0 Å². The second-order valence-corrected chi connectivity index (χ2v) is 5.49. The molecule has 0 heterocycles. The average Bonchev–Trinajstić information content (AvgIpc) is 3.25. The van der Waals surface area contributed by atoms with E-state index in [0.29, 0.717) is 31.5 Å². The maximum atomic E-state index is 12.8. The Morgan fingerprint density at radius 3 is 2.50 bits per heavy atom. The quantitative estimate of drug-likeness (QED) is 0.896. The van der Waals surface area contributed by atoms with E-state index in [0.717, 1.165) is 12.1 Å². The number of rotatable bonds is 5. The minimum Gasteiger partial charge on any atom is -0.344 e. The van der Waals surface area contributed by atoms with Crippen molar-refractivity contribution in [3.63, 3.8) is 0 Å². The van der Waals surface area contributed by atoms with Gasteiger partial charge in [-0.1, -0.05) is 18.2 Å². The highest BCUT2D eigenvalue weighted by Crippen LogP contribution is 2.50. The molecule has 1 aliphatic carbocycles. The lowest BCUT2D eigenvalue weighted by Crippen LogP contribution is -2.39. The zero-order chi connectivity index (χ0) is 15.7. The largest absolute Gasteiger partial charge is 0.416 e. The Bertz CT molecular complexity index is 530. The number of hydrogen-bond acceptors (Lipinski definition) is 2. The van der Waals surface area contributed by atoms with Crippen LogP contribution in [0.2, 0.25) is 0 Å². The molecule has 3 nitrogen and oxygen atoms in total. The molecule has 1 fully saturated rings. The van der Waals surface area contributed by atoms with Crippen LogP contribution in [0.3, 0.4) is 0 Å². The van der Waals surface area contributed by atoms with Gasteiger partial charge in [-0.2, -0.15) is 13.2 Å². The molecule has 0 spiro atoms. The van der Waals surface area contributed by atoms with Crippen LogP contribution < -0.4 is 5.32 Å². The summed E-state index contributed by atoms with van der Waals surface area (Å²) in [6.45, 7) is 1.19. The van der Waals surface area contributed by atoms with Gasteiger partial charge in [-0.05, 0) is 31.5 Å². The predicted octanol–water partition coefficient (Wildman–Crippen LogP) is 2.84. The molecule has 1 amide bonds. The fourth-order valence-corrected chi connectivity index (χ4v) is 2.49. The van der Waals surface area contributed by atoms with E-state index in [1.54, 1.807) is 25.1 Å². The number of benzene rings is 1. The molecule has 0 aliphatic heterocycles. The van der Waals surface area contributed by atoms with Gasteiger partial charge >= 0.3 is 6.18 Å². The Labute approximate surface area is 134 Å². The van der Waals surface area contributed by atoms with E-state index in [1.807, 2.05) is 0 Å². The normalized spacial score (nSPS) is 15.9. The summed E-state index contributed by atoms with van der Waals surface area (Å²) in [7, 11) is 3.48. The molecule has 0 unspecified atom stereocenters. The SMILES string of the molecule is CNCCN(C)C(=O)C1(c2cccc(C(F)(F)F)c2)CC1.Cl. The fraction of sp³-hybridized carbons (Fsp3) is 0.533. The van der Waals surface area contributed by atoms with Gasteiger partial charge in [-0.15, -0.1) is 12.4 Å². The second kappa shape index (κ2) is 6.87. The molecule has 0 saturated heterocycles. The van der Waals surface area contributed by atoms with Crippen molar-refractivity contribution in [3.8, 4) is 0 Å². The van der Waals surface area contributed by atoms with Crippen LogP contribution in [0.4, 0.5) is 13.2 Å². The fourth-order valence-electron chi connectivity index (χ4n) is 2.49. The van der Waals surface area contributed by atoms with Gasteiger partial charge in [0.05, 0.1) is 11.0 Å². The zero-order valence-electron chi connectivity index (χ0n) is 12.5. The summed E-state index contributed by atoms with van der Waals surface area (Å²) in [4.78, 5) is 14.1. The first kappa shape index (κ1) is 18.8. The number of alkyl halides is 3. The maximum absolute atomic E-state index is 12.8. The number of carbonyl (C=O) groups excluding carboxylic acids is 1. The summed E-state index contributed by atoms with van der Waals surface area (Å²) < 4.78 is 38.4. The van der Waals surface area contributed by atoms with E-state index in [1.165, 1.54) is 6.07 Å². The van der Waals surface area contributed by atoms with Crippen molar-refractivity contribution in [1.82, 2.24) is 10.2 Å². The van der Waals surface area contributed by atoms with Crippen LogP contribution in [0, 0.1) is 0 Å². The Balaban J connectivity index is 0.00000242. The van der Waals surface area contributed by atoms with Crippen LogP contribution in [-0.2, 0) is 16.4 Å². The number of amides is 1. The van der Waals surface area contributed by atoms with Crippen molar-refractivity contribution in [2.24, 2.45) is 0 Å². The van der Waals surface area contributed by atoms with Gasteiger partial charge < -0.3 is 10.2 Å². The first-order valence-corrected chi connectivity index (χ1v) is 6.89. The summed E-state index contributed by atoms with van der Waals surface area (Å²) in [5, 5.41) is 2.95. The van der Waals surface area contributed by atoms with Crippen LogP contribution in [0.1, 0.15) is 24.0 Å². The summed E-state index contributed by atoms with van der Waals surface area (Å²) in [6.07, 6.45) is -3.17. The molecule has 1 saturated carbocycles. The van der Waals surface area contributed by atoms with E-state index in [-0.39, 0.29) is 18.3 Å². The summed E-state index contributed by atoms with van der Waals surface area (Å²) >= 11 is 0. The highest BCUT2D eigenvalue weighted by atomic mass is 35.5. The number of nitrogens with zero attached hydrogens (tertiary/aromatic N) is 1. The molecule has 1 aromatic carbocycles. The molecule has 124 valence electrons. The number of nitrogens with one attached hydrogen (secondary N) is 1. The van der Waals surface area contributed by atoms with E-state index in [9.17, 15) is 18.0 Å². The standard InChI is InChI=1S/C15H19F3N2O.ClH/c1-19-8-9-20(2)13(21)14(6-7-14)11-4-3-5-12(10-11)15(16,17)18;/h3-5,10,19H,6-9H2,1-2H3;1H. The molecule has 0 atom stereocenters. The van der Waals surface area contributed by atoms with Gasteiger partial charge in [0.15, 0.2) is 0 Å². The predicted molar refractivity (Wildman–Crippen MR) is 81.2 cm³/mol. The van der Waals surface area contributed by atoms with Gasteiger partial charge in [0.2, 0.25) is 5.91 Å². The third kappa shape index (κ3) is 3.73. The molecule has 0 aromatic heterocycles. The van der Waals surface area contributed by atoms with Crippen LogP contribution in [-0.4, -0.2) is 38.0 Å². The van der Waals surface area contributed by atoms with Crippen molar-refractivity contribution in [3.05, 3.63) is 35.4 Å². The van der Waals surface area contributed by atoms with Crippen molar-refractivity contribution in [2.45, 2.75) is 24.4 Å². The Kier molecular flexibility index (Phi) is 5.87. The summed E-state index contributed by atoms with van der Waals surface area (Å²) in [5.41, 5.74) is -0.986. The molecule has 1 aliphatic rings. The third-order valence-electron chi connectivity index (χ3n) is 3.95. The lowest BCUT2D eigenvalue weighted by Gasteiger charge is -2.24. The number of halogens is 4. The topological polar surface area (TPSA) is 32.3 Å². The van der Waals surface area contributed by atoms with Crippen molar-refractivity contribution in [1.29, 1.82) is 0 Å². The van der Waals surface area contributed by atoms with Gasteiger partial charge in [0.1, 0.15) is 0 Å². The number of hydrogen-bond donors (Lipinski definition) is 1. The van der Waals surface area contributed by atoms with Crippen molar-refractivity contribution < 1.29 is 18.0 Å². The monoisotopic (exact) mass is 336 g/mol. The van der Waals surface area contributed by atoms with Crippen LogP contribution in [0.15, 0.2) is 24.3 Å². The zero-order valence-corrected chi connectivity index (χ0v) is 13.4. The Morgan fingerprint density at radius 1 is 1.36 bits per heavy atom. The summed E-state index contributed by atoms with van der Waals surface area (Å²) in [5.74, 6) is -0.0999. The molecule has 1 N–H and O–H groups in total. The number of likely N-dealkylation sites (N-methyl/N-ethyl adjacent to an activating group) is 2. The maximum Gasteiger partial charge on any atom is 0.416 e. The van der Waals surface area contributed by atoms with Crippen LogP contribution >= 0.6 is 12.4 Å². The molecule has 2 rings (SSSR count). The number of carbonyl (C=O) groups is 1. The Morgan fingerprint density at radius 2 is 2.00 bits per heavy atom. The first-order valence-electron chi connectivity index (χ1n) is 6.89. The second-order valence-electron chi connectivity index (χ2n) is 5.49. The minimum absolute atomic E-state index is 0. The van der Waals surface area contributed by atoms with Crippen molar-refractivity contribution >= 4 is 18.3 Å². The van der Waals surface area contributed by atoms with Gasteiger partial charge in [-0.3, -0.25) is 4.79 Å². The molecular weight excluding hydrogens is 317 g/mol. The van der Waals surface area contributed by atoms with Gasteiger partial charge in [-0.25, -0.2) is 0 Å². The van der Waals surface area contributed by atoms with Gasteiger partial charge in [0, 0.05) is 20.1 Å². The van der Waals surface area contributed by atoms with E-state index in [4.69, 9.17) is 0 Å². The molecular formula is C15H20ClF3N2O. The van der Waals surface area contributed by atoms with Crippen LogP contribution in [0.5, 0.6) is 0 Å². The van der Waals surface area contributed by atoms with E-state index >= 15 is 0 Å². The minimum atomic E-state index is -4.38. The smallest absolute Gasteiger partial charge is 0.344 e. The first-order chi connectivity index (χ1) is 9.81. The molecule has 7 heteroatoms. The Hall–Kier alpha value is -1.27. The van der Waals surface area contributed by atoms with Crippen LogP contribution in [0.25, 0.3) is 0 Å². The average molecular weight is 337 g/mol. The molecule has 1 aromatic rings.